The van der Waals surface area contributed by atoms with Crippen molar-refractivity contribution in [2.45, 2.75) is 12.5 Å². The van der Waals surface area contributed by atoms with E-state index < -0.39 is 5.54 Å². The van der Waals surface area contributed by atoms with Crippen molar-refractivity contribution < 1.29 is 14.3 Å². The van der Waals surface area contributed by atoms with Gasteiger partial charge in [-0.25, -0.2) is 9.69 Å². The lowest BCUT2D eigenvalue weighted by Crippen LogP contribution is -2.51. The molecule has 2 heterocycles. The van der Waals surface area contributed by atoms with Gasteiger partial charge in [0, 0.05) is 26.2 Å². The van der Waals surface area contributed by atoms with E-state index in [2.05, 4.69) is 21.2 Å². The quantitative estimate of drug-likeness (QED) is 0.611. The molecule has 7 nitrogen and oxygen atoms in total. The number of urea groups is 1. The number of piperazine rings is 1. The van der Waals surface area contributed by atoms with Crippen LogP contribution in [-0.2, 0) is 10.3 Å². The van der Waals surface area contributed by atoms with Crippen molar-refractivity contribution in [1.29, 1.82) is 0 Å². The minimum atomic E-state index is -1.09. The molecule has 170 valence electrons. The molecule has 0 bridgehead atoms. The summed E-state index contributed by atoms with van der Waals surface area (Å²) in [5.74, 6) is 0.641. The zero-order chi connectivity index (χ0) is 23.0. The van der Waals surface area contributed by atoms with E-state index in [1.54, 1.807) is 14.0 Å². The number of imide groups is 1. The Bertz CT molecular complexity index is 1200. The maximum Gasteiger partial charge on any atom is 0.326 e. The summed E-state index contributed by atoms with van der Waals surface area (Å²) in [5, 5.41) is 4.98. The van der Waals surface area contributed by atoms with Gasteiger partial charge in [0.25, 0.3) is 5.91 Å². The summed E-state index contributed by atoms with van der Waals surface area (Å²) < 4.78 is 5.50. The summed E-state index contributed by atoms with van der Waals surface area (Å²) in [5.41, 5.74) is 0.803. The summed E-state index contributed by atoms with van der Waals surface area (Å²) in [6.45, 7) is 5.18. The van der Waals surface area contributed by atoms with Crippen molar-refractivity contribution in [2.24, 2.45) is 0 Å². The fraction of sp³-hybridized carbons (Fsp3) is 0.308. The minimum absolute atomic E-state index is 0.212. The molecule has 3 aromatic rings. The Balaban J connectivity index is 1.30. The topological polar surface area (TPSA) is 65.1 Å². The highest BCUT2D eigenvalue weighted by molar-refractivity contribution is 6.09. The van der Waals surface area contributed by atoms with Crippen molar-refractivity contribution in [3.05, 3.63) is 72.3 Å². The van der Waals surface area contributed by atoms with Crippen molar-refractivity contribution in [3.63, 3.8) is 0 Å². The van der Waals surface area contributed by atoms with Gasteiger partial charge in [0.05, 0.1) is 19.5 Å². The lowest BCUT2D eigenvalue weighted by Gasteiger charge is -2.37. The van der Waals surface area contributed by atoms with E-state index in [4.69, 9.17) is 4.74 Å². The number of fused-ring (bicyclic) bond motifs is 1. The van der Waals surface area contributed by atoms with Gasteiger partial charge in [-0.2, -0.15) is 0 Å². The van der Waals surface area contributed by atoms with E-state index in [-0.39, 0.29) is 18.6 Å². The van der Waals surface area contributed by atoms with Crippen LogP contribution in [0.25, 0.3) is 10.8 Å². The molecule has 33 heavy (non-hydrogen) atoms. The largest absolute Gasteiger partial charge is 0.495 e. The highest BCUT2D eigenvalue weighted by Crippen LogP contribution is 2.34. The molecule has 3 aromatic carbocycles. The number of nitrogens with zero attached hydrogens (tertiary/aromatic N) is 3. The number of nitrogens with one attached hydrogen (secondary N) is 1. The summed E-state index contributed by atoms with van der Waals surface area (Å²) in [7, 11) is 1.68. The van der Waals surface area contributed by atoms with E-state index in [1.807, 2.05) is 60.7 Å². The molecule has 1 unspecified atom stereocenters. The number of para-hydroxylation sites is 2. The number of ether oxygens (including phenoxy) is 1. The third-order valence-corrected chi connectivity index (χ3v) is 6.74. The first-order valence-electron chi connectivity index (χ1n) is 11.2. The second-order valence-corrected chi connectivity index (χ2v) is 8.73. The molecule has 1 atom stereocenters. The number of benzene rings is 3. The molecule has 3 amide bonds. The van der Waals surface area contributed by atoms with Gasteiger partial charge < -0.3 is 15.0 Å². The Hall–Kier alpha value is -3.58. The summed E-state index contributed by atoms with van der Waals surface area (Å²) in [6, 6.07) is 21.5. The Morgan fingerprint density at radius 1 is 0.909 bits per heavy atom. The van der Waals surface area contributed by atoms with Gasteiger partial charge in [-0.3, -0.25) is 9.69 Å². The number of methoxy groups -OCH3 is 1. The summed E-state index contributed by atoms with van der Waals surface area (Å²) in [4.78, 5) is 32.2. The van der Waals surface area contributed by atoms with Crippen molar-refractivity contribution in [3.8, 4) is 5.75 Å². The van der Waals surface area contributed by atoms with Crippen LogP contribution in [0.15, 0.2) is 66.7 Å². The average molecular weight is 445 g/mol. The molecule has 1 N–H and O–H groups in total. The van der Waals surface area contributed by atoms with Crippen LogP contribution in [0.5, 0.6) is 5.75 Å². The summed E-state index contributed by atoms with van der Waals surface area (Å²) in [6.07, 6.45) is 0. The molecule has 2 aliphatic heterocycles. The normalized spacial score (nSPS) is 21.5. The molecule has 2 saturated heterocycles. The molecular formula is C26H28N4O3. The van der Waals surface area contributed by atoms with E-state index in [0.29, 0.717) is 0 Å². The average Bonchev–Trinajstić information content (AvgIpc) is 3.07. The van der Waals surface area contributed by atoms with Crippen LogP contribution in [0.1, 0.15) is 12.5 Å². The van der Waals surface area contributed by atoms with E-state index in [1.165, 1.54) is 4.90 Å². The van der Waals surface area contributed by atoms with Crippen LogP contribution in [0.4, 0.5) is 10.5 Å². The first kappa shape index (κ1) is 21.3. The van der Waals surface area contributed by atoms with Crippen LogP contribution >= 0.6 is 0 Å². The van der Waals surface area contributed by atoms with Gasteiger partial charge in [0.2, 0.25) is 0 Å². The first-order valence-corrected chi connectivity index (χ1v) is 11.2. The Kier molecular flexibility index (Phi) is 5.42. The van der Waals surface area contributed by atoms with Crippen LogP contribution < -0.4 is 15.0 Å². The minimum Gasteiger partial charge on any atom is -0.495 e. The second kappa shape index (κ2) is 8.41. The third kappa shape index (κ3) is 3.68. The number of anilines is 1. The SMILES string of the molecule is COc1ccccc1N1CCN(CN2C(=O)NC(C)(c3cccc4ccccc34)C2=O)CC1. The molecule has 0 aliphatic carbocycles. The number of hydrogen-bond donors (Lipinski definition) is 1. The molecule has 0 radical (unpaired) electrons. The lowest BCUT2D eigenvalue weighted by molar-refractivity contribution is -0.132. The smallest absolute Gasteiger partial charge is 0.326 e. The molecule has 5 rings (SSSR count). The molecule has 2 fully saturated rings. The predicted molar refractivity (Wildman–Crippen MR) is 128 cm³/mol. The summed E-state index contributed by atoms with van der Waals surface area (Å²) >= 11 is 0. The second-order valence-electron chi connectivity index (χ2n) is 8.73. The van der Waals surface area contributed by atoms with Gasteiger partial charge in [-0.15, -0.1) is 0 Å². The highest BCUT2D eigenvalue weighted by atomic mass is 16.5. The molecule has 7 heteroatoms. The Morgan fingerprint density at radius 3 is 2.39 bits per heavy atom. The van der Waals surface area contributed by atoms with Crippen LogP contribution in [-0.4, -0.2) is 61.7 Å². The fourth-order valence-corrected chi connectivity index (χ4v) is 4.89. The molecule has 0 aromatic heterocycles. The molecule has 0 spiro atoms. The first-order chi connectivity index (χ1) is 16.0. The zero-order valence-corrected chi connectivity index (χ0v) is 19.0. The predicted octanol–water partition coefficient (Wildman–Crippen LogP) is 3.40. The van der Waals surface area contributed by atoms with Gasteiger partial charge in [-0.1, -0.05) is 54.6 Å². The fourth-order valence-electron chi connectivity index (χ4n) is 4.89. The third-order valence-electron chi connectivity index (χ3n) is 6.74. The maximum atomic E-state index is 13.5. The van der Waals surface area contributed by atoms with Gasteiger partial charge in [-0.05, 0) is 35.4 Å². The van der Waals surface area contributed by atoms with E-state index in [0.717, 1.165) is 54.0 Å². The molecule has 0 saturated carbocycles. The number of carbonyl (C=O) groups excluding carboxylic acids is 2. The standard InChI is InChI=1S/C26H28N4O3/c1-26(21-11-7-9-19-8-3-4-10-20(19)21)24(31)30(25(32)27-26)18-28-14-16-29(17-15-28)22-12-5-6-13-23(22)33-2/h3-13H,14-18H2,1-2H3,(H,27,32). The lowest BCUT2D eigenvalue weighted by atomic mass is 9.88. The number of amides is 3. The highest BCUT2D eigenvalue weighted by Gasteiger charge is 2.50. The molecular weight excluding hydrogens is 416 g/mol. The number of carbonyl (C=O) groups is 2. The monoisotopic (exact) mass is 444 g/mol. The van der Waals surface area contributed by atoms with E-state index in [9.17, 15) is 9.59 Å². The van der Waals surface area contributed by atoms with Crippen molar-refractivity contribution in [1.82, 2.24) is 15.1 Å². The van der Waals surface area contributed by atoms with Gasteiger partial charge >= 0.3 is 6.03 Å². The van der Waals surface area contributed by atoms with Crippen molar-refractivity contribution >= 4 is 28.4 Å². The van der Waals surface area contributed by atoms with Crippen LogP contribution in [0.3, 0.4) is 0 Å². The van der Waals surface area contributed by atoms with Crippen molar-refractivity contribution in [2.75, 3.05) is 44.9 Å². The number of rotatable bonds is 5. The van der Waals surface area contributed by atoms with Gasteiger partial charge in [0.15, 0.2) is 0 Å². The number of hydrogen-bond acceptors (Lipinski definition) is 5. The molecule has 2 aliphatic rings. The van der Waals surface area contributed by atoms with E-state index >= 15 is 0 Å². The maximum absolute atomic E-state index is 13.5. The Morgan fingerprint density at radius 2 is 1.61 bits per heavy atom. The van der Waals surface area contributed by atoms with Crippen LogP contribution in [0, 0.1) is 0 Å². The van der Waals surface area contributed by atoms with Crippen LogP contribution in [0.2, 0.25) is 0 Å². The zero-order valence-electron chi connectivity index (χ0n) is 19.0. The Labute approximate surface area is 193 Å². The van der Waals surface area contributed by atoms with Gasteiger partial charge in [0.1, 0.15) is 11.3 Å².